The van der Waals surface area contributed by atoms with Crippen LogP contribution in [0.2, 0.25) is 0 Å². The molecule has 1 unspecified atom stereocenters. The van der Waals surface area contributed by atoms with Crippen molar-refractivity contribution in [3.8, 4) is 5.75 Å². The molecular formula is C26H32N2O3. The van der Waals surface area contributed by atoms with Crippen LogP contribution >= 0.6 is 0 Å². The molecule has 1 atom stereocenters. The number of hydrogen-bond donors (Lipinski definition) is 0. The molecule has 2 aromatic rings. The third-order valence-corrected chi connectivity index (χ3v) is 6.47. The minimum absolute atomic E-state index is 0.0342. The average Bonchev–Trinajstić information content (AvgIpc) is 2.79. The van der Waals surface area contributed by atoms with Gasteiger partial charge in [0.1, 0.15) is 17.9 Å². The summed E-state index contributed by atoms with van der Waals surface area (Å²) in [5, 5.41) is 0. The largest absolute Gasteiger partial charge is 0.490 e. The summed E-state index contributed by atoms with van der Waals surface area (Å²) < 4.78 is 6.32. The smallest absolute Gasteiger partial charge is 0.250 e. The highest BCUT2D eigenvalue weighted by Crippen LogP contribution is 2.30. The monoisotopic (exact) mass is 420 g/mol. The third-order valence-electron chi connectivity index (χ3n) is 6.47. The molecule has 2 saturated heterocycles. The maximum absolute atomic E-state index is 13.6. The van der Waals surface area contributed by atoms with Crippen molar-refractivity contribution in [3.63, 3.8) is 0 Å². The Labute approximate surface area is 185 Å². The van der Waals surface area contributed by atoms with E-state index in [0.717, 1.165) is 48.1 Å². The Bertz CT molecular complexity index is 899. The summed E-state index contributed by atoms with van der Waals surface area (Å²) in [5.41, 5.74) is 3.19. The quantitative estimate of drug-likeness (QED) is 0.719. The lowest BCUT2D eigenvalue weighted by atomic mass is 9.98. The van der Waals surface area contributed by atoms with E-state index in [1.54, 1.807) is 4.90 Å². The van der Waals surface area contributed by atoms with Crippen LogP contribution in [0, 0.1) is 13.8 Å². The van der Waals surface area contributed by atoms with Crippen LogP contribution in [0.4, 0.5) is 0 Å². The fourth-order valence-corrected chi connectivity index (χ4v) is 4.71. The molecule has 0 bridgehead atoms. The van der Waals surface area contributed by atoms with Crippen molar-refractivity contribution in [2.24, 2.45) is 0 Å². The summed E-state index contributed by atoms with van der Waals surface area (Å²) in [6.45, 7) is 6.10. The first kappa shape index (κ1) is 21.4. The third kappa shape index (κ3) is 4.76. The zero-order valence-electron chi connectivity index (χ0n) is 18.5. The van der Waals surface area contributed by atoms with Gasteiger partial charge in [-0.1, -0.05) is 48.5 Å². The topological polar surface area (TPSA) is 49.9 Å². The number of aryl methyl sites for hydroxylation is 2. The van der Waals surface area contributed by atoms with E-state index in [4.69, 9.17) is 4.74 Å². The number of para-hydroxylation sites is 1. The molecule has 2 aliphatic heterocycles. The molecule has 2 aliphatic rings. The van der Waals surface area contributed by atoms with Gasteiger partial charge in [-0.3, -0.25) is 9.59 Å². The van der Waals surface area contributed by atoms with Gasteiger partial charge >= 0.3 is 0 Å². The Morgan fingerprint density at radius 3 is 2.26 bits per heavy atom. The lowest BCUT2D eigenvalue weighted by Gasteiger charge is -2.39. The fraction of sp³-hybridized carbons (Fsp3) is 0.462. The van der Waals surface area contributed by atoms with E-state index in [2.05, 4.69) is 26.0 Å². The van der Waals surface area contributed by atoms with Gasteiger partial charge in [-0.2, -0.15) is 0 Å². The number of rotatable bonds is 5. The van der Waals surface area contributed by atoms with Gasteiger partial charge in [-0.25, -0.2) is 0 Å². The standard InChI is InChI=1S/C26H32N2O3/c1-19-9-8-10-20(2)25(19)31-22-14-17-27(18-15-22)26(30)24(21-11-4-3-5-12-21)28-16-7-6-13-23(28)29/h3-5,8-12,22,24H,6-7,13-18H2,1-2H3. The summed E-state index contributed by atoms with van der Waals surface area (Å²) in [6.07, 6.45) is 4.10. The van der Waals surface area contributed by atoms with Crippen LogP contribution in [-0.2, 0) is 9.59 Å². The molecule has 0 spiro atoms. The van der Waals surface area contributed by atoms with Crippen LogP contribution in [0.3, 0.4) is 0 Å². The van der Waals surface area contributed by atoms with E-state index in [-0.39, 0.29) is 17.9 Å². The first-order valence-corrected chi connectivity index (χ1v) is 11.4. The van der Waals surface area contributed by atoms with Gasteiger partial charge in [0.05, 0.1) is 0 Å². The molecule has 0 radical (unpaired) electrons. The van der Waals surface area contributed by atoms with E-state index in [1.807, 2.05) is 41.3 Å². The molecule has 4 rings (SSSR count). The maximum Gasteiger partial charge on any atom is 0.250 e. The highest BCUT2D eigenvalue weighted by atomic mass is 16.5. The lowest BCUT2D eigenvalue weighted by molar-refractivity contribution is -0.149. The first-order chi connectivity index (χ1) is 15.0. The minimum Gasteiger partial charge on any atom is -0.490 e. The van der Waals surface area contributed by atoms with Crippen molar-refractivity contribution in [2.45, 2.75) is 58.1 Å². The van der Waals surface area contributed by atoms with Gasteiger partial charge in [-0.05, 0) is 43.4 Å². The highest BCUT2D eigenvalue weighted by Gasteiger charge is 2.36. The van der Waals surface area contributed by atoms with Crippen molar-refractivity contribution in [3.05, 3.63) is 65.2 Å². The van der Waals surface area contributed by atoms with E-state index in [1.165, 1.54) is 0 Å². The van der Waals surface area contributed by atoms with Crippen molar-refractivity contribution in [2.75, 3.05) is 19.6 Å². The zero-order chi connectivity index (χ0) is 21.8. The summed E-state index contributed by atoms with van der Waals surface area (Å²) in [7, 11) is 0. The highest BCUT2D eigenvalue weighted by molar-refractivity contribution is 5.89. The predicted molar refractivity (Wildman–Crippen MR) is 121 cm³/mol. The number of piperidine rings is 2. The molecule has 2 fully saturated rings. The molecule has 31 heavy (non-hydrogen) atoms. The number of ether oxygens (including phenoxy) is 1. The molecule has 164 valence electrons. The van der Waals surface area contributed by atoms with Crippen molar-refractivity contribution >= 4 is 11.8 Å². The second-order valence-electron chi connectivity index (χ2n) is 8.72. The molecule has 0 aliphatic carbocycles. The zero-order valence-corrected chi connectivity index (χ0v) is 18.5. The van der Waals surface area contributed by atoms with Crippen LogP contribution in [-0.4, -0.2) is 47.4 Å². The Hall–Kier alpha value is -2.82. The molecular weight excluding hydrogens is 388 g/mol. The normalized spacial score (nSPS) is 18.7. The van der Waals surface area contributed by atoms with Gasteiger partial charge in [0, 0.05) is 38.9 Å². The maximum atomic E-state index is 13.6. The van der Waals surface area contributed by atoms with Gasteiger partial charge in [0.25, 0.3) is 0 Å². The van der Waals surface area contributed by atoms with Crippen LogP contribution in [0.25, 0.3) is 0 Å². The molecule has 0 saturated carbocycles. The van der Waals surface area contributed by atoms with Gasteiger partial charge in [-0.15, -0.1) is 0 Å². The number of likely N-dealkylation sites (tertiary alicyclic amines) is 2. The van der Waals surface area contributed by atoms with Gasteiger partial charge in [0.2, 0.25) is 11.8 Å². The van der Waals surface area contributed by atoms with Gasteiger partial charge < -0.3 is 14.5 Å². The van der Waals surface area contributed by atoms with E-state index >= 15 is 0 Å². The Morgan fingerprint density at radius 2 is 1.61 bits per heavy atom. The van der Waals surface area contributed by atoms with Crippen molar-refractivity contribution < 1.29 is 14.3 Å². The van der Waals surface area contributed by atoms with Crippen LogP contribution in [0.5, 0.6) is 5.75 Å². The Morgan fingerprint density at radius 1 is 0.935 bits per heavy atom. The van der Waals surface area contributed by atoms with E-state index in [0.29, 0.717) is 26.1 Å². The van der Waals surface area contributed by atoms with Crippen LogP contribution in [0.1, 0.15) is 54.8 Å². The number of benzene rings is 2. The summed E-state index contributed by atoms with van der Waals surface area (Å²) in [4.78, 5) is 30.0. The number of carbonyl (C=O) groups is 2. The molecule has 5 heteroatoms. The lowest BCUT2D eigenvalue weighted by Crippen LogP contribution is -2.50. The molecule has 2 aromatic carbocycles. The van der Waals surface area contributed by atoms with E-state index < -0.39 is 6.04 Å². The number of amides is 2. The predicted octanol–water partition coefficient (Wildman–Crippen LogP) is 4.43. The summed E-state index contributed by atoms with van der Waals surface area (Å²) >= 11 is 0. The minimum atomic E-state index is -0.523. The number of hydrogen-bond acceptors (Lipinski definition) is 3. The Balaban J connectivity index is 1.46. The Kier molecular flexibility index (Phi) is 6.59. The first-order valence-electron chi connectivity index (χ1n) is 11.4. The number of carbonyl (C=O) groups excluding carboxylic acids is 2. The average molecular weight is 421 g/mol. The molecule has 0 N–H and O–H groups in total. The second kappa shape index (κ2) is 9.54. The summed E-state index contributed by atoms with van der Waals surface area (Å²) in [6, 6.07) is 15.4. The van der Waals surface area contributed by atoms with Crippen LogP contribution in [0.15, 0.2) is 48.5 Å². The molecule has 2 amide bonds. The van der Waals surface area contributed by atoms with Crippen molar-refractivity contribution in [1.29, 1.82) is 0 Å². The van der Waals surface area contributed by atoms with Crippen LogP contribution < -0.4 is 4.74 Å². The van der Waals surface area contributed by atoms with Crippen molar-refractivity contribution in [1.82, 2.24) is 9.80 Å². The molecule has 5 nitrogen and oxygen atoms in total. The molecule has 2 heterocycles. The second-order valence-corrected chi connectivity index (χ2v) is 8.72. The van der Waals surface area contributed by atoms with Gasteiger partial charge in [0.15, 0.2) is 0 Å². The SMILES string of the molecule is Cc1cccc(C)c1OC1CCN(C(=O)C(c2ccccc2)N2CCCCC2=O)CC1. The van der Waals surface area contributed by atoms with E-state index in [9.17, 15) is 9.59 Å². The number of nitrogens with zero attached hydrogens (tertiary/aromatic N) is 2. The fourth-order valence-electron chi connectivity index (χ4n) is 4.71. The molecule has 0 aromatic heterocycles. The summed E-state index contributed by atoms with van der Waals surface area (Å²) in [5.74, 6) is 1.09.